The van der Waals surface area contributed by atoms with Gasteiger partial charge >= 0.3 is 0 Å². The van der Waals surface area contributed by atoms with Crippen LogP contribution in [-0.4, -0.2) is 39.7 Å². The first-order valence-electron chi connectivity index (χ1n) is 10.6. The lowest BCUT2D eigenvalue weighted by atomic mass is 10.2. The molecule has 0 saturated carbocycles. The largest absolute Gasteiger partial charge is 0.497 e. The van der Waals surface area contributed by atoms with Crippen LogP contribution in [0.5, 0.6) is 5.75 Å². The average Bonchev–Trinajstić information content (AvgIpc) is 3.61. The topological polar surface area (TPSA) is 75.2 Å². The van der Waals surface area contributed by atoms with Crippen LogP contribution in [0.4, 0.5) is 0 Å². The fraction of sp³-hybridized carbons (Fsp3) is 0.292. The predicted molar refractivity (Wildman–Crippen MR) is 122 cm³/mol. The minimum atomic E-state index is 0.180. The fourth-order valence-corrected chi connectivity index (χ4v) is 4.59. The Morgan fingerprint density at radius 3 is 2.66 bits per heavy atom. The van der Waals surface area contributed by atoms with E-state index in [9.17, 15) is 0 Å². The molecule has 1 aliphatic rings. The van der Waals surface area contributed by atoms with Crippen LogP contribution in [0, 0.1) is 0 Å². The maximum atomic E-state index is 5.89. The van der Waals surface area contributed by atoms with Crippen molar-refractivity contribution >= 4 is 11.8 Å². The Hall–Kier alpha value is -3.10. The number of ether oxygens (including phenoxy) is 2. The third-order valence-electron chi connectivity index (χ3n) is 5.44. The van der Waals surface area contributed by atoms with Gasteiger partial charge in [0.15, 0.2) is 16.7 Å². The Labute approximate surface area is 190 Å². The van der Waals surface area contributed by atoms with Crippen molar-refractivity contribution in [1.29, 1.82) is 0 Å². The molecule has 1 saturated heterocycles. The highest BCUT2D eigenvalue weighted by atomic mass is 32.2. The summed E-state index contributed by atoms with van der Waals surface area (Å²) in [6.45, 7) is 1.54. The van der Waals surface area contributed by atoms with Gasteiger partial charge in [-0.1, -0.05) is 47.3 Å². The normalized spacial score (nSPS) is 15.8. The van der Waals surface area contributed by atoms with Gasteiger partial charge in [0.25, 0.3) is 0 Å². The van der Waals surface area contributed by atoms with Crippen molar-refractivity contribution in [1.82, 2.24) is 19.9 Å². The lowest BCUT2D eigenvalue weighted by Gasteiger charge is -2.14. The average molecular weight is 449 g/mol. The van der Waals surface area contributed by atoms with E-state index in [1.165, 1.54) is 0 Å². The monoisotopic (exact) mass is 448 g/mol. The molecule has 164 valence electrons. The molecule has 8 heteroatoms. The second kappa shape index (κ2) is 9.58. The van der Waals surface area contributed by atoms with Gasteiger partial charge in [-0.25, -0.2) is 0 Å². The molecule has 0 aliphatic carbocycles. The number of benzene rings is 2. The Bertz CT molecular complexity index is 1150. The Balaban J connectivity index is 1.37. The quantitative estimate of drug-likeness (QED) is 0.348. The molecule has 2 aromatic heterocycles. The van der Waals surface area contributed by atoms with Gasteiger partial charge in [0.1, 0.15) is 5.75 Å². The van der Waals surface area contributed by atoms with Crippen molar-refractivity contribution in [3.63, 3.8) is 0 Å². The summed E-state index contributed by atoms with van der Waals surface area (Å²) in [4.78, 5) is 0. The summed E-state index contributed by atoms with van der Waals surface area (Å²) in [6.07, 6.45) is 2.32. The van der Waals surface area contributed by atoms with E-state index in [2.05, 4.69) is 19.9 Å². The summed E-state index contributed by atoms with van der Waals surface area (Å²) in [6, 6.07) is 19.8. The van der Waals surface area contributed by atoms with Crippen molar-refractivity contribution in [3.8, 4) is 28.5 Å². The minimum absolute atomic E-state index is 0.180. The summed E-state index contributed by atoms with van der Waals surface area (Å²) < 4.78 is 18.9. The molecule has 4 aromatic rings. The summed E-state index contributed by atoms with van der Waals surface area (Å²) in [5, 5.41) is 14.1. The van der Waals surface area contributed by atoms with E-state index >= 15 is 0 Å². The molecule has 0 radical (unpaired) electrons. The molecule has 1 unspecified atom stereocenters. The van der Waals surface area contributed by atoms with Crippen LogP contribution in [0.1, 0.15) is 18.5 Å². The summed E-state index contributed by atoms with van der Waals surface area (Å²) in [5.41, 5.74) is 2.88. The molecule has 0 spiro atoms. The predicted octanol–water partition coefficient (Wildman–Crippen LogP) is 5.08. The summed E-state index contributed by atoms with van der Waals surface area (Å²) in [5.74, 6) is 3.05. The number of thioether (sulfide) groups is 1. The van der Waals surface area contributed by atoms with Crippen LogP contribution in [0.15, 0.2) is 70.3 Å². The molecule has 1 fully saturated rings. The molecule has 0 bridgehead atoms. The highest BCUT2D eigenvalue weighted by Crippen LogP contribution is 2.30. The number of nitrogens with zero attached hydrogens (tertiary/aromatic N) is 4. The molecule has 5 rings (SSSR count). The van der Waals surface area contributed by atoms with Gasteiger partial charge < -0.3 is 14.0 Å². The van der Waals surface area contributed by atoms with Gasteiger partial charge in [-0.2, -0.15) is 0 Å². The zero-order chi connectivity index (χ0) is 21.8. The summed E-state index contributed by atoms with van der Waals surface area (Å²) in [7, 11) is 1.66. The van der Waals surface area contributed by atoms with Gasteiger partial charge in [-0.3, -0.25) is 4.57 Å². The maximum absolute atomic E-state index is 5.89. The first-order valence-corrected chi connectivity index (χ1v) is 11.6. The second-order valence-electron chi connectivity index (χ2n) is 7.62. The van der Waals surface area contributed by atoms with Crippen LogP contribution in [0.2, 0.25) is 0 Å². The van der Waals surface area contributed by atoms with Gasteiger partial charge in [-0.05, 0) is 37.1 Å². The summed E-state index contributed by atoms with van der Waals surface area (Å²) >= 11 is 1.60. The van der Waals surface area contributed by atoms with E-state index in [1.54, 1.807) is 18.9 Å². The minimum Gasteiger partial charge on any atom is -0.497 e. The van der Waals surface area contributed by atoms with Crippen LogP contribution in [-0.2, 0) is 17.0 Å². The van der Waals surface area contributed by atoms with Crippen molar-refractivity contribution in [2.45, 2.75) is 36.4 Å². The molecule has 1 aliphatic heterocycles. The van der Waals surface area contributed by atoms with E-state index in [1.807, 2.05) is 60.7 Å². The number of methoxy groups -OCH3 is 1. The molecule has 2 aromatic carbocycles. The molecule has 32 heavy (non-hydrogen) atoms. The molecule has 7 nitrogen and oxygen atoms in total. The van der Waals surface area contributed by atoms with Crippen molar-refractivity contribution < 1.29 is 14.0 Å². The van der Waals surface area contributed by atoms with Crippen LogP contribution in [0.25, 0.3) is 22.7 Å². The maximum Gasteiger partial charge on any atom is 0.191 e. The van der Waals surface area contributed by atoms with E-state index < -0.39 is 0 Å². The number of rotatable bonds is 8. The van der Waals surface area contributed by atoms with Crippen molar-refractivity contribution in [2.75, 3.05) is 13.7 Å². The van der Waals surface area contributed by atoms with Crippen molar-refractivity contribution in [3.05, 3.63) is 66.4 Å². The highest BCUT2D eigenvalue weighted by Gasteiger charge is 2.22. The number of aromatic nitrogens is 4. The third kappa shape index (κ3) is 4.56. The second-order valence-corrected chi connectivity index (χ2v) is 8.56. The van der Waals surface area contributed by atoms with Gasteiger partial charge in [0.05, 0.1) is 25.5 Å². The van der Waals surface area contributed by atoms with Crippen LogP contribution < -0.4 is 4.74 Å². The van der Waals surface area contributed by atoms with E-state index in [4.69, 9.17) is 14.0 Å². The highest BCUT2D eigenvalue weighted by molar-refractivity contribution is 7.98. The lowest BCUT2D eigenvalue weighted by Crippen LogP contribution is -2.16. The van der Waals surface area contributed by atoms with Crippen molar-refractivity contribution in [2.24, 2.45) is 0 Å². The van der Waals surface area contributed by atoms with E-state index in [0.29, 0.717) is 5.75 Å². The van der Waals surface area contributed by atoms with Crippen LogP contribution >= 0.6 is 11.8 Å². The molecular formula is C24H24N4O3S. The van der Waals surface area contributed by atoms with Gasteiger partial charge in [0.2, 0.25) is 0 Å². The van der Waals surface area contributed by atoms with Gasteiger partial charge in [0, 0.05) is 29.6 Å². The fourth-order valence-electron chi connectivity index (χ4n) is 3.76. The Kier molecular flexibility index (Phi) is 6.22. The van der Waals surface area contributed by atoms with Gasteiger partial charge in [-0.15, -0.1) is 10.2 Å². The number of hydrogen-bond donors (Lipinski definition) is 0. The standard InChI is InChI=1S/C24H24N4O3S/c1-29-20-11-9-18(10-12-20)23-25-26-24(28(23)15-21-8-5-13-30-21)32-16-19-14-22(31-27-19)17-6-3-2-4-7-17/h2-4,6-7,9-12,14,21H,5,8,13,15-16H2,1H3. The number of hydrogen-bond acceptors (Lipinski definition) is 7. The third-order valence-corrected chi connectivity index (χ3v) is 6.44. The molecule has 3 heterocycles. The first kappa shape index (κ1) is 20.8. The molecule has 0 amide bonds. The zero-order valence-electron chi connectivity index (χ0n) is 17.8. The molecule has 0 N–H and O–H groups in total. The van der Waals surface area contributed by atoms with E-state index in [-0.39, 0.29) is 6.10 Å². The van der Waals surface area contributed by atoms with E-state index in [0.717, 1.165) is 65.3 Å². The Morgan fingerprint density at radius 2 is 1.91 bits per heavy atom. The first-order chi connectivity index (χ1) is 15.8. The SMILES string of the molecule is COc1ccc(-c2nnc(SCc3cc(-c4ccccc4)on3)n2CC2CCCO2)cc1. The lowest BCUT2D eigenvalue weighted by molar-refractivity contribution is 0.0953. The Morgan fingerprint density at radius 1 is 1.06 bits per heavy atom. The smallest absolute Gasteiger partial charge is 0.191 e. The molecular weight excluding hydrogens is 424 g/mol. The zero-order valence-corrected chi connectivity index (χ0v) is 18.6. The molecule has 1 atom stereocenters. The van der Waals surface area contributed by atoms with Crippen LogP contribution in [0.3, 0.4) is 0 Å².